The van der Waals surface area contributed by atoms with E-state index >= 15 is 0 Å². The minimum absolute atomic E-state index is 0.107. The molecule has 1 aromatic carbocycles. The van der Waals surface area contributed by atoms with Crippen molar-refractivity contribution in [3.63, 3.8) is 0 Å². The van der Waals surface area contributed by atoms with Crippen molar-refractivity contribution in [1.29, 1.82) is 0 Å². The molecule has 0 radical (unpaired) electrons. The van der Waals surface area contributed by atoms with E-state index in [9.17, 15) is 9.59 Å². The second kappa shape index (κ2) is 5.54. The third-order valence-corrected chi connectivity index (χ3v) is 2.34. The summed E-state index contributed by atoms with van der Waals surface area (Å²) >= 11 is 5.39. The molecule has 6 heteroatoms. The molecule has 0 heterocycles. The summed E-state index contributed by atoms with van der Waals surface area (Å²) in [7, 11) is 3.95. The van der Waals surface area contributed by atoms with E-state index in [-0.39, 0.29) is 22.6 Å². The second-order valence-corrected chi connectivity index (χ2v) is 3.34. The first-order valence-electron chi connectivity index (χ1n) is 4.60. The normalized spacial score (nSPS) is 9.65. The van der Waals surface area contributed by atoms with Gasteiger partial charge in [-0.1, -0.05) is 0 Å². The van der Waals surface area contributed by atoms with Crippen molar-refractivity contribution in [2.45, 2.75) is 0 Å². The Morgan fingerprint density at radius 2 is 1.47 bits per heavy atom. The third kappa shape index (κ3) is 2.50. The van der Waals surface area contributed by atoms with Crippen LogP contribution >= 0.6 is 11.6 Å². The SMILES string of the molecule is COC(=O)c1ccc(C(=O)Cl)c(OC)c1OC. The van der Waals surface area contributed by atoms with E-state index in [0.717, 1.165) is 0 Å². The average molecular weight is 259 g/mol. The molecule has 1 aromatic rings. The number of hydrogen-bond acceptors (Lipinski definition) is 5. The Labute approximate surface area is 103 Å². The van der Waals surface area contributed by atoms with Gasteiger partial charge in [0.05, 0.1) is 26.9 Å². The van der Waals surface area contributed by atoms with Gasteiger partial charge in [0.15, 0.2) is 11.5 Å². The molecule has 0 atom stereocenters. The standard InChI is InChI=1S/C11H11ClO5/c1-15-8-6(10(12)13)4-5-7(9(8)16-2)11(14)17-3/h4-5H,1-3H3. The van der Waals surface area contributed by atoms with Crippen LogP contribution < -0.4 is 9.47 Å². The van der Waals surface area contributed by atoms with E-state index in [2.05, 4.69) is 4.74 Å². The molecule has 0 aliphatic carbocycles. The van der Waals surface area contributed by atoms with Crippen LogP contribution in [0, 0.1) is 0 Å². The van der Waals surface area contributed by atoms with Gasteiger partial charge >= 0.3 is 5.97 Å². The van der Waals surface area contributed by atoms with Gasteiger partial charge in [0.2, 0.25) is 0 Å². The van der Waals surface area contributed by atoms with Crippen LogP contribution in [0.1, 0.15) is 20.7 Å². The van der Waals surface area contributed by atoms with Gasteiger partial charge in [-0.25, -0.2) is 4.79 Å². The first kappa shape index (κ1) is 13.3. The largest absolute Gasteiger partial charge is 0.492 e. The molecule has 0 saturated heterocycles. The molecule has 92 valence electrons. The van der Waals surface area contributed by atoms with Gasteiger partial charge in [-0.2, -0.15) is 0 Å². The summed E-state index contributed by atoms with van der Waals surface area (Å²) in [6.07, 6.45) is 0. The van der Waals surface area contributed by atoms with Crippen molar-refractivity contribution >= 4 is 22.8 Å². The quantitative estimate of drug-likeness (QED) is 0.609. The smallest absolute Gasteiger partial charge is 0.341 e. The number of ether oxygens (including phenoxy) is 3. The van der Waals surface area contributed by atoms with Crippen molar-refractivity contribution in [3.8, 4) is 11.5 Å². The lowest BCUT2D eigenvalue weighted by Crippen LogP contribution is -2.07. The highest BCUT2D eigenvalue weighted by molar-refractivity contribution is 6.68. The lowest BCUT2D eigenvalue weighted by atomic mass is 10.1. The Bertz CT molecular complexity index is 455. The van der Waals surface area contributed by atoms with Crippen LogP contribution in [0.5, 0.6) is 11.5 Å². The Kier molecular flexibility index (Phi) is 4.34. The van der Waals surface area contributed by atoms with E-state index < -0.39 is 11.2 Å². The van der Waals surface area contributed by atoms with E-state index in [4.69, 9.17) is 21.1 Å². The molecule has 0 aromatic heterocycles. The molecule has 1 rings (SSSR count). The van der Waals surface area contributed by atoms with Gasteiger partial charge in [-0.05, 0) is 23.7 Å². The molecule has 0 N–H and O–H groups in total. The van der Waals surface area contributed by atoms with Crippen molar-refractivity contribution in [2.24, 2.45) is 0 Å². The maximum absolute atomic E-state index is 11.5. The summed E-state index contributed by atoms with van der Waals surface area (Å²) in [5, 5.41) is -0.698. The summed E-state index contributed by atoms with van der Waals surface area (Å²) in [5.41, 5.74) is 0.284. The van der Waals surface area contributed by atoms with E-state index in [1.807, 2.05) is 0 Å². The topological polar surface area (TPSA) is 61.8 Å². The molecular formula is C11H11ClO5. The fourth-order valence-corrected chi connectivity index (χ4v) is 1.54. The monoisotopic (exact) mass is 258 g/mol. The number of esters is 1. The number of rotatable bonds is 4. The molecule has 0 amide bonds. The molecule has 0 bridgehead atoms. The van der Waals surface area contributed by atoms with Gasteiger partial charge < -0.3 is 14.2 Å². The molecule has 0 aliphatic rings. The predicted octanol–water partition coefficient (Wildman–Crippen LogP) is 1.87. The van der Waals surface area contributed by atoms with Gasteiger partial charge in [-0.3, -0.25) is 4.79 Å². The summed E-state index contributed by atoms with van der Waals surface area (Å²) in [6, 6.07) is 2.77. The van der Waals surface area contributed by atoms with E-state index in [1.165, 1.54) is 33.5 Å². The molecule has 0 saturated carbocycles. The number of halogens is 1. The van der Waals surface area contributed by atoms with E-state index in [1.54, 1.807) is 0 Å². The minimum atomic E-state index is -0.698. The number of carbonyl (C=O) groups is 2. The highest BCUT2D eigenvalue weighted by atomic mass is 35.5. The number of hydrogen-bond donors (Lipinski definition) is 0. The lowest BCUT2D eigenvalue weighted by Gasteiger charge is -2.13. The molecule has 5 nitrogen and oxygen atoms in total. The number of benzene rings is 1. The van der Waals surface area contributed by atoms with Crippen LogP contribution in [0.25, 0.3) is 0 Å². The van der Waals surface area contributed by atoms with Crippen LogP contribution in [0.2, 0.25) is 0 Å². The van der Waals surface area contributed by atoms with Gasteiger partial charge in [-0.15, -0.1) is 0 Å². The van der Waals surface area contributed by atoms with Gasteiger partial charge in [0.1, 0.15) is 5.56 Å². The van der Waals surface area contributed by atoms with Crippen molar-refractivity contribution in [3.05, 3.63) is 23.3 Å². The van der Waals surface area contributed by atoms with Crippen LogP contribution in [-0.4, -0.2) is 32.5 Å². The molecule has 0 aliphatic heterocycles. The lowest BCUT2D eigenvalue weighted by molar-refractivity contribution is 0.0596. The Morgan fingerprint density at radius 3 is 1.88 bits per heavy atom. The van der Waals surface area contributed by atoms with Crippen LogP contribution in [0.4, 0.5) is 0 Å². The Morgan fingerprint density at radius 1 is 1.00 bits per heavy atom. The first-order valence-corrected chi connectivity index (χ1v) is 4.97. The summed E-state index contributed by atoms with van der Waals surface area (Å²) in [6.45, 7) is 0. The molecular weight excluding hydrogens is 248 g/mol. The maximum Gasteiger partial charge on any atom is 0.341 e. The number of carbonyl (C=O) groups excluding carboxylic acids is 2. The Balaban J connectivity index is 3.48. The first-order chi connectivity index (χ1) is 8.06. The van der Waals surface area contributed by atoms with E-state index in [0.29, 0.717) is 0 Å². The summed E-state index contributed by atoms with van der Waals surface area (Å²) in [5.74, 6) is -0.366. The minimum Gasteiger partial charge on any atom is -0.492 e. The second-order valence-electron chi connectivity index (χ2n) is 2.99. The van der Waals surface area contributed by atoms with Gasteiger partial charge in [0.25, 0.3) is 5.24 Å². The van der Waals surface area contributed by atoms with Crippen molar-refractivity contribution in [1.82, 2.24) is 0 Å². The zero-order valence-corrected chi connectivity index (χ0v) is 10.3. The fraction of sp³-hybridized carbons (Fsp3) is 0.273. The molecule has 0 unspecified atom stereocenters. The maximum atomic E-state index is 11.5. The summed E-state index contributed by atoms with van der Waals surface area (Å²) < 4.78 is 14.7. The molecule has 17 heavy (non-hydrogen) atoms. The third-order valence-electron chi connectivity index (χ3n) is 2.14. The highest BCUT2D eigenvalue weighted by Crippen LogP contribution is 2.35. The zero-order chi connectivity index (χ0) is 13.0. The fourth-order valence-electron chi connectivity index (χ4n) is 1.39. The van der Waals surface area contributed by atoms with Gasteiger partial charge in [0, 0.05) is 0 Å². The summed E-state index contributed by atoms with van der Waals surface area (Å²) in [4.78, 5) is 22.6. The highest BCUT2D eigenvalue weighted by Gasteiger charge is 2.22. The predicted molar refractivity (Wildman–Crippen MR) is 61.1 cm³/mol. The van der Waals surface area contributed by atoms with Crippen LogP contribution in [0.15, 0.2) is 12.1 Å². The van der Waals surface area contributed by atoms with Crippen molar-refractivity contribution < 1.29 is 23.8 Å². The molecule has 0 fully saturated rings. The van der Waals surface area contributed by atoms with Crippen LogP contribution in [0.3, 0.4) is 0 Å². The Hall–Kier alpha value is -1.75. The van der Waals surface area contributed by atoms with Crippen molar-refractivity contribution in [2.75, 3.05) is 21.3 Å². The molecule has 0 spiro atoms. The van der Waals surface area contributed by atoms with Crippen LogP contribution in [-0.2, 0) is 4.74 Å². The average Bonchev–Trinajstić information content (AvgIpc) is 2.35. The zero-order valence-electron chi connectivity index (χ0n) is 9.57. The number of methoxy groups -OCH3 is 3.